The number of halogens is 1. The summed E-state index contributed by atoms with van der Waals surface area (Å²) in [4.78, 5) is 12.5. The average molecular weight is 439 g/mol. The monoisotopic (exact) mass is 438 g/mol. The van der Waals surface area contributed by atoms with E-state index in [1.54, 1.807) is 0 Å². The van der Waals surface area contributed by atoms with Crippen molar-refractivity contribution in [1.29, 1.82) is 0 Å². The van der Waals surface area contributed by atoms with Crippen LogP contribution in [0.25, 0.3) is 0 Å². The molecule has 0 aliphatic carbocycles. The number of sulfonamides is 1. The Hall–Kier alpha value is -2.09. The maximum absolute atomic E-state index is 13.3. The summed E-state index contributed by atoms with van der Waals surface area (Å²) in [7, 11) is -2.50. The molecule has 0 spiro atoms. The predicted octanol–water partition coefficient (Wildman–Crippen LogP) is 3.84. The topological polar surface area (TPSA) is 75.7 Å². The third-order valence-electron chi connectivity index (χ3n) is 4.41. The first-order valence-electron chi connectivity index (χ1n) is 9.45. The number of hydrogen-bond donors (Lipinski definition) is 1. The van der Waals surface area contributed by atoms with Crippen LogP contribution < -0.4 is 10.1 Å². The predicted molar refractivity (Wildman–Crippen MR) is 115 cm³/mol. The number of carbonyl (C=O) groups is 1. The smallest absolute Gasteiger partial charge is 0.243 e. The summed E-state index contributed by atoms with van der Waals surface area (Å²) in [6.45, 7) is 3.72. The molecule has 6 nitrogen and oxygen atoms in total. The number of hydrogen-bond acceptors (Lipinski definition) is 4. The third kappa shape index (κ3) is 6.45. The van der Waals surface area contributed by atoms with Gasteiger partial charge in [0.1, 0.15) is 5.75 Å². The molecule has 0 saturated carbocycles. The lowest BCUT2D eigenvalue weighted by Gasteiger charge is -2.23. The van der Waals surface area contributed by atoms with Gasteiger partial charge in [0, 0.05) is 12.6 Å². The SMILES string of the molecule is CCC[C@H](C)NC(=O)CN(Cc1ccccc1)S(=O)(=O)c1ccc(OC)c(Cl)c1. The van der Waals surface area contributed by atoms with E-state index < -0.39 is 10.0 Å². The third-order valence-corrected chi connectivity index (χ3v) is 6.49. The van der Waals surface area contributed by atoms with Gasteiger partial charge >= 0.3 is 0 Å². The Kier molecular flexibility index (Phi) is 8.49. The van der Waals surface area contributed by atoms with Crippen LogP contribution in [0.15, 0.2) is 53.4 Å². The van der Waals surface area contributed by atoms with Crippen LogP contribution in [0.5, 0.6) is 5.75 Å². The Balaban J connectivity index is 2.32. The molecule has 29 heavy (non-hydrogen) atoms. The quantitative estimate of drug-likeness (QED) is 0.611. The van der Waals surface area contributed by atoms with E-state index in [-0.39, 0.29) is 35.0 Å². The molecule has 1 atom stereocenters. The highest BCUT2D eigenvalue weighted by atomic mass is 35.5. The zero-order chi connectivity index (χ0) is 21.4. The second-order valence-corrected chi connectivity index (χ2v) is 9.16. The number of rotatable bonds is 10. The fourth-order valence-electron chi connectivity index (χ4n) is 2.96. The van der Waals surface area contributed by atoms with E-state index in [0.717, 1.165) is 22.7 Å². The number of ether oxygens (including phenoxy) is 1. The van der Waals surface area contributed by atoms with Crippen molar-refractivity contribution in [2.45, 2.75) is 44.2 Å². The van der Waals surface area contributed by atoms with Crippen LogP contribution in [0.1, 0.15) is 32.3 Å². The minimum atomic E-state index is -3.96. The van der Waals surface area contributed by atoms with E-state index in [1.165, 1.54) is 25.3 Å². The molecule has 0 fully saturated rings. The molecule has 2 rings (SSSR count). The number of benzene rings is 2. The number of nitrogens with one attached hydrogen (secondary N) is 1. The summed E-state index contributed by atoms with van der Waals surface area (Å²) in [6, 6.07) is 13.4. The molecule has 0 aromatic heterocycles. The van der Waals surface area contributed by atoms with Gasteiger partial charge in [-0.2, -0.15) is 4.31 Å². The van der Waals surface area contributed by atoms with Gasteiger partial charge in [-0.05, 0) is 37.1 Å². The second-order valence-electron chi connectivity index (χ2n) is 6.81. The normalized spacial score (nSPS) is 12.6. The van der Waals surface area contributed by atoms with Gasteiger partial charge in [0.15, 0.2) is 0 Å². The van der Waals surface area contributed by atoms with Crippen LogP contribution in [-0.4, -0.2) is 38.3 Å². The number of nitrogens with zero attached hydrogens (tertiary/aromatic N) is 1. The Morgan fingerprint density at radius 2 is 1.90 bits per heavy atom. The molecule has 0 heterocycles. The van der Waals surface area contributed by atoms with Crippen molar-refractivity contribution in [3.63, 3.8) is 0 Å². The highest BCUT2D eigenvalue weighted by molar-refractivity contribution is 7.89. The Bertz CT molecular complexity index is 920. The Labute approximate surface area is 177 Å². The zero-order valence-corrected chi connectivity index (χ0v) is 18.5. The number of methoxy groups -OCH3 is 1. The molecular formula is C21H27ClN2O4S. The van der Waals surface area contributed by atoms with Crippen LogP contribution in [-0.2, 0) is 21.4 Å². The van der Waals surface area contributed by atoms with Crippen molar-refractivity contribution in [2.24, 2.45) is 0 Å². The van der Waals surface area contributed by atoms with E-state index in [0.29, 0.717) is 5.75 Å². The molecule has 2 aromatic carbocycles. The maximum Gasteiger partial charge on any atom is 0.243 e. The van der Waals surface area contributed by atoms with Gasteiger partial charge in [0.2, 0.25) is 15.9 Å². The molecule has 0 radical (unpaired) electrons. The first kappa shape index (κ1) is 23.2. The Morgan fingerprint density at radius 1 is 1.21 bits per heavy atom. The molecule has 0 aliphatic rings. The van der Waals surface area contributed by atoms with Gasteiger partial charge < -0.3 is 10.1 Å². The largest absolute Gasteiger partial charge is 0.495 e. The van der Waals surface area contributed by atoms with Gasteiger partial charge in [0.05, 0.1) is 23.6 Å². The molecule has 8 heteroatoms. The van der Waals surface area contributed by atoms with Crippen molar-refractivity contribution in [3.8, 4) is 5.75 Å². The average Bonchev–Trinajstić information content (AvgIpc) is 2.68. The van der Waals surface area contributed by atoms with Gasteiger partial charge in [-0.15, -0.1) is 0 Å². The lowest BCUT2D eigenvalue weighted by molar-refractivity contribution is -0.122. The van der Waals surface area contributed by atoms with E-state index in [2.05, 4.69) is 5.32 Å². The fraction of sp³-hybridized carbons (Fsp3) is 0.381. The minimum Gasteiger partial charge on any atom is -0.495 e. The molecule has 1 amide bonds. The van der Waals surface area contributed by atoms with E-state index in [9.17, 15) is 13.2 Å². The van der Waals surface area contributed by atoms with Crippen molar-refractivity contribution >= 4 is 27.5 Å². The van der Waals surface area contributed by atoms with Gasteiger partial charge in [-0.25, -0.2) is 8.42 Å². The van der Waals surface area contributed by atoms with Crippen LogP contribution in [0.3, 0.4) is 0 Å². The highest BCUT2D eigenvalue weighted by Crippen LogP contribution is 2.29. The lowest BCUT2D eigenvalue weighted by atomic mass is 10.2. The maximum atomic E-state index is 13.3. The second kappa shape index (κ2) is 10.6. The fourth-order valence-corrected chi connectivity index (χ4v) is 4.69. The lowest BCUT2D eigenvalue weighted by Crippen LogP contribution is -2.43. The van der Waals surface area contributed by atoms with Crippen LogP contribution in [0, 0.1) is 0 Å². The molecular weight excluding hydrogens is 412 g/mol. The van der Waals surface area contributed by atoms with Gasteiger partial charge in [-0.1, -0.05) is 55.3 Å². The van der Waals surface area contributed by atoms with Gasteiger partial charge in [0.25, 0.3) is 0 Å². The molecule has 0 bridgehead atoms. The van der Waals surface area contributed by atoms with E-state index in [1.807, 2.05) is 44.2 Å². The molecule has 1 N–H and O–H groups in total. The zero-order valence-electron chi connectivity index (χ0n) is 16.9. The summed E-state index contributed by atoms with van der Waals surface area (Å²) in [5.41, 5.74) is 0.782. The first-order chi connectivity index (χ1) is 13.8. The van der Waals surface area contributed by atoms with Crippen molar-refractivity contribution in [2.75, 3.05) is 13.7 Å². The summed E-state index contributed by atoms with van der Waals surface area (Å²) >= 11 is 6.12. The highest BCUT2D eigenvalue weighted by Gasteiger charge is 2.28. The molecule has 0 aliphatic heterocycles. The van der Waals surface area contributed by atoms with E-state index >= 15 is 0 Å². The van der Waals surface area contributed by atoms with Crippen LogP contribution >= 0.6 is 11.6 Å². The van der Waals surface area contributed by atoms with Crippen molar-refractivity contribution < 1.29 is 17.9 Å². The minimum absolute atomic E-state index is 0.00800. The summed E-state index contributed by atoms with van der Waals surface area (Å²) in [6.07, 6.45) is 1.75. The molecule has 0 saturated heterocycles. The Morgan fingerprint density at radius 3 is 2.48 bits per heavy atom. The number of amides is 1. The van der Waals surface area contributed by atoms with Crippen LogP contribution in [0.4, 0.5) is 0 Å². The van der Waals surface area contributed by atoms with E-state index in [4.69, 9.17) is 16.3 Å². The van der Waals surface area contributed by atoms with Crippen molar-refractivity contribution in [1.82, 2.24) is 9.62 Å². The number of carbonyl (C=O) groups excluding carboxylic acids is 1. The van der Waals surface area contributed by atoms with Gasteiger partial charge in [-0.3, -0.25) is 4.79 Å². The van der Waals surface area contributed by atoms with Crippen LogP contribution in [0.2, 0.25) is 5.02 Å². The summed E-state index contributed by atoms with van der Waals surface area (Å²) in [5.74, 6) is 0.0384. The summed E-state index contributed by atoms with van der Waals surface area (Å²) in [5, 5.41) is 3.05. The molecule has 158 valence electrons. The first-order valence-corrected chi connectivity index (χ1v) is 11.3. The molecule has 2 aromatic rings. The van der Waals surface area contributed by atoms with Crippen molar-refractivity contribution in [3.05, 3.63) is 59.1 Å². The summed E-state index contributed by atoms with van der Waals surface area (Å²) < 4.78 is 32.8. The molecule has 0 unspecified atom stereocenters. The standard InChI is InChI=1S/C21H27ClN2O4S/c1-4-8-16(2)23-21(25)15-24(14-17-9-6-5-7-10-17)29(26,27)18-11-12-20(28-3)19(22)13-18/h5-7,9-13,16H,4,8,14-15H2,1-3H3,(H,23,25)/t16-/m0/s1.